The van der Waals surface area contributed by atoms with Gasteiger partial charge in [0.1, 0.15) is 0 Å². The van der Waals surface area contributed by atoms with Crippen molar-refractivity contribution in [2.45, 2.75) is 142 Å². The van der Waals surface area contributed by atoms with Crippen molar-refractivity contribution in [2.75, 3.05) is 13.1 Å². The summed E-state index contributed by atoms with van der Waals surface area (Å²) >= 11 is 15.7. The molecule has 0 amide bonds. The molecule has 0 N–H and O–H groups in total. The van der Waals surface area contributed by atoms with Gasteiger partial charge in [0.15, 0.2) is 0 Å². The van der Waals surface area contributed by atoms with E-state index in [2.05, 4.69) is 26.5 Å². The van der Waals surface area contributed by atoms with Gasteiger partial charge in [-0.25, -0.2) is 0 Å². The summed E-state index contributed by atoms with van der Waals surface area (Å²) in [5.41, 5.74) is 0. The normalized spacial score (nSPS) is 11.9. The summed E-state index contributed by atoms with van der Waals surface area (Å²) in [7, 11) is 0. The van der Waals surface area contributed by atoms with E-state index in [4.69, 9.17) is 25.0 Å². The molecule has 29 heavy (non-hydrogen) atoms. The Labute approximate surface area is 200 Å². The van der Waals surface area contributed by atoms with Crippen molar-refractivity contribution in [1.29, 1.82) is 0 Å². The van der Waals surface area contributed by atoms with Crippen LogP contribution < -0.4 is 0 Å². The zero-order valence-electron chi connectivity index (χ0n) is 19.8. The monoisotopic (exact) mass is 461 g/mol. The van der Waals surface area contributed by atoms with Crippen LogP contribution in [0.4, 0.5) is 0 Å². The highest BCUT2D eigenvalue weighted by molar-refractivity contribution is 8.10. The summed E-state index contributed by atoms with van der Waals surface area (Å²) in [6.45, 7) is 6.55. The van der Waals surface area contributed by atoms with Gasteiger partial charge in [-0.05, 0) is 37.9 Å². The van der Waals surface area contributed by atoms with E-state index in [0.29, 0.717) is 8.21 Å². The average Bonchev–Trinajstić information content (AvgIpc) is 2.70. The molecule has 4 heteroatoms. The number of thiocarbonyl (C=S) groups is 1. The molecule has 0 radical (unpaired) electrons. The molecule has 0 unspecified atom stereocenters. The van der Waals surface area contributed by atoms with Gasteiger partial charge in [-0.2, -0.15) is 0 Å². The minimum atomic E-state index is 0.479. The third kappa shape index (κ3) is 19.2. The molecule has 0 aromatic heterocycles. The molecule has 0 aliphatic rings. The molecule has 0 saturated carbocycles. The maximum Gasteiger partial charge on any atom is 0.212 e. The van der Waals surface area contributed by atoms with Crippen LogP contribution in [0.15, 0.2) is 0 Å². The molecule has 0 fully saturated rings. The Morgan fingerprint density at radius 3 is 1.03 bits per heavy atom. The van der Waals surface area contributed by atoms with Gasteiger partial charge in [-0.15, -0.1) is 0 Å². The Balaban J connectivity index is 3.65. The number of quaternary nitrogens is 1. The maximum absolute atomic E-state index is 5.87. The summed E-state index contributed by atoms with van der Waals surface area (Å²) < 4.78 is 1.18. The predicted molar refractivity (Wildman–Crippen MR) is 143 cm³/mol. The fourth-order valence-corrected chi connectivity index (χ4v) is 4.65. The Morgan fingerprint density at radius 2 is 0.793 bits per heavy atom. The average molecular weight is 462 g/mol. The number of nitrogens with zero attached hydrogens (tertiary/aromatic N) is 1. The third-order valence-electron chi connectivity index (χ3n) is 6.09. The molecule has 0 aliphatic heterocycles. The second-order valence-electron chi connectivity index (χ2n) is 8.98. The predicted octanol–water partition coefficient (Wildman–Crippen LogP) is 9.32. The molecule has 0 aromatic rings. The van der Waals surface area contributed by atoms with Crippen molar-refractivity contribution in [3.8, 4) is 0 Å². The van der Waals surface area contributed by atoms with Crippen LogP contribution in [0.1, 0.15) is 142 Å². The first kappa shape index (κ1) is 29.8. The molecule has 174 valence electrons. The molecule has 0 saturated heterocycles. The Kier molecular flexibility index (Phi) is 22.5. The molecule has 0 bridgehead atoms. The van der Waals surface area contributed by atoms with Gasteiger partial charge in [0.2, 0.25) is 4.32 Å². The highest BCUT2D eigenvalue weighted by Gasteiger charge is 2.17. The number of rotatable bonds is 22. The molecular formula is C25H51NS3. The smallest absolute Gasteiger partial charge is 0.212 e. The van der Waals surface area contributed by atoms with Crippen molar-refractivity contribution in [2.24, 2.45) is 0 Å². The van der Waals surface area contributed by atoms with E-state index in [9.17, 15) is 0 Å². The van der Waals surface area contributed by atoms with E-state index in [1.165, 1.54) is 128 Å². The SMILES string of the molecule is CCCCCCCCCCCC[N+]([S-])(CCCCCCCCCCCC)C(=S)S. The van der Waals surface area contributed by atoms with Crippen molar-refractivity contribution in [3.05, 3.63) is 0 Å². The van der Waals surface area contributed by atoms with Crippen molar-refractivity contribution >= 4 is 42.0 Å². The van der Waals surface area contributed by atoms with Gasteiger partial charge in [0.05, 0.1) is 13.1 Å². The fraction of sp³-hybridized carbons (Fsp3) is 0.960. The zero-order chi connectivity index (χ0) is 21.6. The molecule has 0 heterocycles. The summed E-state index contributed by atoms with van der Waals surface area (Å²) in [4.78, 5) is 0. The third-order valence-corrected chi connectivity index (χ3v) is 7.63. The second-order valence-corrected chi connectivity index (χ2v) is 10.8. The van der Waals surface area contributed by atoms with Crippen LogP contribution in [-0.2, 0) is 12.8 Å². The van der Waals surface area contributed by atoms with E-state index in [1.54, 1.807) is 0 Å². The van der Waals surface area contributed by atoms with Gasteiger partial charge in [-0.3, -0.25) is 0 Å². The molecule has 0 spiro atoms. The second kappa shape index (κ2) is 22.0. The lowest BCUT2D eigenvalue weighted by Crippen LogP contribution is -2.46. The quantitative estimate of drug-likeness (QED) is 0.0560. The topological polar surface area (TPSA) is 0 Å². The lowest BCUT2D eigenvalue weighted by atomic mass is 10.1. The van der Waals surface area contributed by atoms with Crippen molar-refractivity contribution in [1.82, 2.24) is 0 Å². The molecule has 0 aliphatic carbocycles. The standard InChI is InChI=1S/C25H51NS3/c1-3-5-7-9-11-13-15-17-19-21-23-26(29,25(27)28)24-22-20-18-16-14-12-10-8-6-4-2/h3-24H2,1-2H3,(H,27,28). The highest BCUT2D eigenvalue weighted by atomic mass is 32.1. The van der Waals surface area contributed by atoms with E-state index < -0.39 is 0 Å². The molecule has 0 atom stereocenters. The first-order valence-electron chi connectivity index (χ1n) is 12.9. The van der Waals surface area contributed by atoms with Crippen LogP contribution in [-0.4, -0.2) is 21.3 Å². The van der Waals surface area contributed by atoms with Crippen LogP contribution >= 0.6 is 24.8 Å². The lowest BCUT2D eigenvalue weighted by Gasteiger charge is -2.42. The summed E-state index contributed by atoms with van der Waals surface area (Å²) in [6, 6.07) is 0. The van der Waals surface area contributed by atoms with E-state index in [-0.39, 0.29) is 0 Å². The number of unbranched alkanes of at least 4 members (excludes halogenated alkanes) is 18. The van der Waals surface area contributed by atoms with E-state index >= 15 is 0 Å². The minimum Gasteiger partial charge on any atom is -0.486 e. The number of hydrogen-bond donors (Lipinski definition) is 1. The molecule has 0 rings (SSSR count). The molecular weight excluding hydrogens is 410 g/mol. The van der Waals surface area contributed by atoms with Gasteiger partial charge in [0, 0.05) is 0 Å². The van der Waals surface area contributed by atoms with Crippen molar-refractivity contribution in [3.63, 3.8) is 0 Å². The van der Waals surface area contributed by atoms with Crippen LogP contribution in [0, 0.1) is 0 Å². The summed E-state index contributed by atoms with van der Waals surface area (Å²) in [6.07, 6.45) is 27.2. The van der Waals surface area contributed by atoms with E-state index in [0.717, 1.165) is 13.1 Å². The highest BCUT2D eigenvalue weighted by Crippen LogP contribution is 2.18. The molecule has 1 nitrogen and oxygen atoms in total. The van der Waals surface area contributed by atoms with Gasteiger partial charge >= 0.3 is 0 Å². The Morgan fingerprint density at radius 1 is 0.552 bits per heavy atom. The van der Waals surface area contributed by atoms with Gasteiger partial charge in [0.25, 0.3) is 0 Å². The fourth-order valence-electron chi connectivity index (χ4n) is 4.01. The van der Waals surface area contributed by atoms with E-state index in [1.807, 2.05) is 0 Å². The largest absolute Gasteiger partial charge is 0.486 e. The Hall–Kier alpha value is 0.750. The number of thiol groups is 1. The molecule has 0 aromatic carbocycles. The van der Waals surface area contributed by atoms with Gasteiger partial charge in [-0.1, -0.05) is 129 Å². The van der Waals surface area contributed by atoms with Crippen LogP contribution in [0.5, 0.6) is 0 Å². The minimum absolute atomic E-state index is 0.479. The lowest BCUT2D eigenvalue weighted by molar-refractivity contribution is -0.691. The zero-order valence-corrected chi connectivity index (χ0v) is 22.3. The van der Waals surface area contributed by atoms with Crippen LogP contribution in [0.2, 0.25) is 0 Å². The summed E-state index contributed by atoms with van der Waals surface area (Å²) in [5.74, 6) is 0. The van der Waals surface area contributed by atoms with Crippen LogP contribution in [0.25, 0.3) is 0 Å². The number of hydrogen-bond acceptors (Lipinski definition) is 2. The van der Waals surface area contributed by atoms with Crippen LogP contribution in [0.3, 0.4) is 0 Å². The summed E-state index contributed by atoms with van der Waals surface area (Å²) in [5, 5.41) is 0. The maximum atomic E-state index is 5.87. The Bertz CT molecular complexity index is 336. The first-order chi connectivity index (χ1) is 14.1. The van der Waals surface area contributed by atoms with Crippen molar-refractivity contribution < 1.29 is 3.89 Å². The van der Waals surface area contributed by atoms with Gasteiger partial charge < -0.3 is 16.7 Å². The first-order valence-corrected chi connectivity index (χ1v) is 14.1.